The van der Waals surface area contributed by atoms with E-state index < -0.39 is 20.8 Å². The monoisotopic (exact) mass is 302 g/mol. The van der Waals surface area contributed by atoms with Gasteiger partial charge in [0.25, 0.3) is 5.69 Å². The highest BCUT2D eigenvalue weighted by Crippen LogP contribution is 2.29. The molecule has 1 saturated heterocycles. The third kappa shape index (κ3) is 3.15. The van der Waals surface area contributed by atoms with Crippen LogP contribution in [0.25, 0.3) is 0 Å². The second-order valence-corrected chi connectivity index (χ2v) is 5.89. The van der Waals surface area contributed by atoms with Crippen LogP contribution in [0, 0.1) is 10.1 Å². The van der Waals surface area contributed by atoms with E-state index in [1.807, 2.05) is 0 Å². The maximum Gasteiger partial charge on any atom is 0.301 e. The summed E-state index contributed by atoms with van der Waals surface area (Å²) in [6, 6.07) is 3.24. The first kappa shape index (κ1) is 14.5. The second-order valence-electron chi connectivity index (χ2n) is 4.21. The maximum atomic E-state index is 12.1. The summed E-state index contributed by atoms with van der Waals surface area (Å²) in [4.78, 5) is 10.1. The molecule has 0 radical (unpaired) electrons. The van der Waals surface area contributed by atoms with Gasteiger partial charge in [-0.25, -0.2) is 0 Å². The number of anilines is 1. The molecule has 0 saturated carbocycles. The van der Waals surface area contributed by atoms with Gasteiger partial charge in [0, 0.05) is 26.2 Å². The van der Waals surface area contributed by atoms with Crippen LogP contribution in [0.15, 0.2) is 18.2 Å². The number of nitro groups is 1. The minimum atomic E-state index is -3.85. The number of nitrogens with one attached hydrogen (secondary N) is 2. The Morgan fingerprint density at radius 1 is 1.35 bits per heavy atom. The van der Waals surface area contributed by atoms with Gasteiger partial charge in [-0.15, -0.1) is 0 Å². The highest BCUT2D eigenvalue weighted by atomic mass is 32.2. The van der Waals surface area contributed by atoms with E-state index in [-0.39, 0.29) is 11.4 Å². The van der Waals surface area contributed by atoms with Crippen molar-refractivity contribution in [1.82, 2.24) is 9.62 Å². The first-order valence-corrected chi connectivity index (χ1v) is 7.30. The van der Waals surface area contributed by atoms with Gasteiger partial charge in [0.1, 0.15) is 11.4 Å². The highest BCUT2D eigenvalue weighted by Gasteiger charge is 2.26. The fraction of sp³-hybridized carbons (Fsp3) is 0.400. The molecular formula is C10H14N4O5S. The normalized spacial score (nSPS) is 16.8. The molecule has 0 unspecified atom stereocenters. The smallest absolute Gasteiger partial charge is 0.301 e. The van der Waals surface area contributed by atoms with E-state index in [0.717, 1.165) is 12.1 Å². The second kappa shape index (κ2) is 5.61. The van der Waals surface area contributed by atoms with Crippen LogP contribution < -0.4 is 10.0 Å². The number of rotatable bonds is 4. The summed E-state index contributed by atoms with van der Waals surface area (Å²) in [5.41, 5.74) is -0.671. The van der Waals surface area contributed by atoms with E-state index in [1.54, 1.807) is 0 Å². The first-order valence-electron chi connectivity index (χ1n) is 5.86. The van der Waals surface area contributed by atoms with Gasteiger partial charge in [-0.3, -0.25) is 14.8 Å². The molecule has 0 spiro atoms. The number of hydrogen-bond acceptors (Lipinski definition) is 6. The topological polar surface area (TPSA) is 125 Å². The van der Waals surface area contributed by atoms with E-state index in [1.165, 1.54) is 10.4 Å². The molecule has 1 heterocycles. The quantitative estimate of drug-likeness (QED) is 0.404. The van der Waals surface area contributed by atoms with Gasteiger partial charge in [0.05, 0.1) is 11.0 Å². The van der Waals surface area contributed by atoms with Gasteiger partial charge < -0.3 is 10.4 Å². The molecule has 1 fully saturated rings. The van der Waals surface area contributed by atoms with Crippen molar-refractivity contribution in [3.63, 3.8) is 0 Å². The van der Waals surface area contributed by atoms with Crippen molar-refractivity contribution >= 4 is 21.6 Å². The maximum absolute atomic E-state index is 12.1. The predicted octanol–water partition coefficient (Wildman–Crippen LogP) is -0.138. The van der Waals surface area contributed by atoms with Crippen LogP contribution >= 0.6 is 0 Å². The number of phenolic OH excluding ortho intramolecular Hbond substituents is 1. The van der Waals surface area contributed by atoms with Gasteiger partial charge in [-0.1, -0.05) is 0 Å². The van der Waals surface area contributed by atoms with Gasteiger partial charge in [-0.05, 0) is 12.1 Å². The van der Waals surface area contributed by atoms with Crippen molar-refractivity contribution in [2.45, 2.75) is 0 Å². The minimum absolute atomic E-state index is 0.175. The van der Waals surface area contributed by atoms with Crippen molar-refractivity contribution in [2.24, 2.45) is 0 Å². The zero-order valence-electron chi connectivity index (χ0n) is 10.4. The standard InChI is InChI=1S/C10H14N4O5S/c15-8-1-2-9(10(7-8)14(16)17)12-20(18,19)13-5-3-11-4-6-13/h1-2,7,11-12,15H,3-6H2. The van der Waals surface area contributed by atoms with Gasteiger partial charge in [0.15, 0.2) is 0 Å². The molecule has 10 heteroatoms. The van der Waals surface area contributed by atoms with Crippen LogP contribution in [0.1, 0.15) is 0 Å². The van der Waals surface area contributed by atoms with Crippen molar-refractivity contribution in [2.75, 3.05) is 30.9 Å². The minimum Gasteiger partial charge on any atom is -0.508 e. The van der Waals surface area contributed by atoms with Crippen molar-refractivity contribution in [3.8, 4) is 5.75 Å². The molecule has 2 rings (SSSR count). The SMILES string of the molecule is O=[N+]([O-])c1cc(O)ccc1NS(=O)(=O)N1CCNCC1. The van der Waals surface area contributed by atoms with E-state index >= 15 is 0 Å². The lowest BCUT2D eigenvalue weighted by Crippen LogP contribution is -2.48. The zero-order valence-corrected chi connectivity index (χ0v) is 11.3. The zero-order chi connectivity index (χ0) is 14.8. The van der Waals surface area contributed by atoms with E-state index in [4.69, 9.17) is 0 Å². The Morgan fingerprint density at radius 2 is 2.00 bits per heavy atom. The van der Waals surface area contributed by atoms with Crippen molar-refractivity contribution in [3.05, 3.63) is 28.3 Å². The molecule has 0 bridgehead atoms. The van der Waals surface area contributed by atoms with Crippen LogP contribution in [0.3, 0.4) is 0 Å². The van der Waals surface area contributed by atoms with Crippen LogP contribution in [0.2, 0.25) is 0 Å². The first-order chi connectivity index (χ1) is 9.40. The summed E-state index contributed by atoms with van der Waals surface area (Å²) in [5.74, 6) is -0.304. The number of aromatic hydroxyl groups is 1. The van der Waals surface area contributed by atoms with Crippen LogP contribution in [-0.4, -0.2) is 48.9 Å². The van der Waals surface area contributed by atoms with Gasteiger partial charge in [-0.2, -0.15) is 12.7 Å². The fourth-order valence-corrected chi connectivity index (χ4v) is 3.09. The number of benzene rings is 1. The summed E-state index contributed by atoms with van der Waals surface area (Å²) in [5, 5.41) is 23.1. The molecule has 110 valence electrons. The Kier molecular flexibility index (Phi) is 4.06. The van der Waals surface area contributed by atoms with Crippen LogP contribution in [-0.2, 0) is 10.2 Å². The molecule has 1 aromatic carbocycles. The van der Waals surface area contributed by atoms with Crippen LogP contribution in [0.4, 0.5) is 11.4 Å². The summed E-state index contributed by atoms with van der Waals surface area (Å²) < 4.78 is 27.6. The summed E-state index contributed by atoms with van der Waals surface area (Å²) in [7, 11) is -3.85. The summed E-state index contributed by atoms with van der Waals surface area (Å²) in [6.07, 6.45) is 0. The fourth-order valence-electron chi connectivity index (χ4n) is 1.85. The third-order valence-electron chi connectivity index (χ3n) is 2.83. The number of piperazine rings is 1. The molecular weight excluding hydrogens is 288 g/mol. The van der Waals surface area contributed by atoms with Crippen molar-refractivity contribution < 1.29 is 18.4 Å². The lowest BCUT2D eigenvalue weighted by molar-refractivity contribution is -0.384. The summed E-state index contributed by atoms with van der Waals surface area (Å²) in [6.45, 7) is 1.64. The Balaban J connectivity index is 2.27. The molecule has 20 heavy (non-hydrogen) atoms. The predicted molar refractivity (Wildman–Crippen MR) is 71.7 cm³/mol. The Morgan fingerprint density at radius 3 is 2.60 bits per heavy atom. The molecule has 0 atom stereocenters. The molecule has 3 N–H and O–H groups in total. The summed E-state index contributed by atoms with van der Waals surface area (Å²) >= 11 is 0. The average molecular weight is 302 g/mol. The number of hydrogen-bond donors (Lipinski definition) is 3. The van der Waals surface area contributed by atoms with Gasteiger partial charge >= 0.3 is 10.2 Å². The molecule has 1 aliphatic heterocycles. The Hall–Kier alpha value is -1.91. The molecule has 0 aromatic heterocycles. The average Bonchev–Trinajstić information content (AvgIpc) is 2.41. The molecule has 1 aromatic rings. The number of nitrogens with zero attached hydrogens (tertiary/aromatic N) is 2. The molecule has 9 nitrogen and oxygen atoms in total. The van der Waals surface area contributed by atoms with E-state index in [9.17, 15) is 23.6 Å². The third-order valence-corrected chi connectivity index (χ3v) is 4.36. The molecule has 1 aliphatic rings. The highest BCUT2D eigenvalue weighted by molar-refractivity contribution is 7.90. The largest absolute Gasteiger partial charge is 0.508 e. The Bertz CT molecular complexity index is 612. The van der Waals surface area contributed by atoms with Crippen molar-refractivity contribution in [1.29, 1.82) is 0 Å². The van der Waals surface area contributed by atoms with Gasteiger partial charge in [0.2, 0.25) is 0 Å². The molecule has 0 aliphatic carbocycles. The lowest BCUT2D eigenvalue weighted by Gasteiger charge is -2.26. The van der Waals surface area contributed by atoms with E-state index in [0.29, 0.717) is 26.2 Å². The Labute approximate surface area is 115 Å². The lowest BCUT2D eigenvalue weighted by atomic mass is 10.2. The molecule has 0 amide bonds. The number of phenols is 1. The number of nitro benzene ring substituents is 1. The van der Waals surface area contributed by atoms with E-state index in [2.05, 4.69) is 10.0 Å². The van der Waals surface area contributed by atoms with Crippen LogP contribution in [0.5, 0.6) is 5.75 Å².